The van der Waals surface area contributed by atoms with Crippen molar-refractivity contribution in [1.29, 1.82) is 0 Å². The smallest absolute Gasteiger partial charge is 0.126 e. The Balaban J connectivity index is 2.14. The first kappa shape index (κ1) is 9.85. The monoisotopic (exact) mass is 215 g/mol. The van der Waals surface area contributed by atoms with E-state index < -0.39 is 0 Å². The van der Waals surface area contributed by atoms with Gasteiger partial charge in [-0.2, -0.15) is 0 Å². The van der Waals surface area contributed by atoms with Crippen molar-refractivity contribution in [2.45, 2.75) is 25.8 Å². The van der Waals surface area contributed by atoms with E-state index in [1.807, 2.05) is 0 Å². The SMILES string of the molecule is Cc1ccc2c(c1)nc([C@@H]1CCCN1)n2C. The highest BCUT2D eigenvalue weighted by atomic mass is 15.1. The van der Waals surface area contributed by atoms with Gasteiger partial charge in [-0.15, -0.1) is 0 Å². The summed E-state index contributed by atoms with van der Waals surface area (Å²) in [7, 11) is 2.11. The molecule has 1 aliphatic rings. The molecule has 0 saturated carbocycles. The molecular weight excluding hydrogens is 198 g/mol. The van der Waals surface area contributed by atoms with Crippen LogP contribution in [0, 0.1) is 6.92 Å². The molecule has 0 bridgehead atoms. The van der Waals surface area contributed by atoms with E-state index in [4.69, 9.17) is 4.98 Å². The third kappa shape index (κ3) is 1.43. The molecule has 1 N–H and O–H groups in total. The Labute approximate surface area is 95.5 Å². The number of fused-ring (bicyclic) bond motifs is 1. The molecule has 1 aromatic carbocycles. The molecule has 1 fully saturated rings. The molecule has 0 amide bonds. The summed E-state index contributed by atoms with van der Waals surface area (Å²) in [5.74, 6) is 1.18. The van der Waals surface area contributed by atoms with Crippen LogP contribution in [0.2, 0.25) is 0 Å². The van der Waals surface area contributed by atoms with E-state index in [2.05, 4.69) is 42.1 Å². The summed E-state index contributed by atoms with van der Waals surface area (Å²) in [5.41, 5.74) is 3.62. The molecule has 1 atom stereocenters. The van der Waals surface area contributed by atoms with Crippen molar-refractivity contribution in [3.05, 3.63) is 29.6 Å². The van der Waals surface area contributed by atoms with Crippen molar-refractivity contribution in [3.63, 3.8) is 0 Å². The zero-order chi connectivity index (χ0) is 11.1. The molecule has 0 aliphatic carbocycles. The lowest BCUT2D eigenvalue weighted by Crippen LogP contribution is -2.16. The van der Waals surface area contributed by atoms with Gasteiger partial charge >= 0.3 is 0 Å². The van der Waals surface area contributed by atoms with Crippen LogP contribution in [0.25, 0.3) is 11.0 Å². The number of aromatic nitrogens is 2. The Bertz CT molecular complexity index is 521. The molecule has 1 aromatic heterocycles. The van der Waals surface area contributed by atoms with Crippen molar-refractivity contribution in [2.75, 3.05) is 6.54 Å². The molecule has 3 nitrogen and oxygen atoms in total. The fraction of sp³-hybridized carbons (Fsp3) is 0.462. The van der Waals surface area contributed by atoms with Crippen LogP contribution in [0.5, 0.6) is 0 Å². The second-order valence-electron chi connectivity index (χ2n) is 4.67. The Morgan fingerprint density at radius 3 is 3.06 bits per heavy atom. The molecule has 0 unspecified atom stereocenters. The first-order valence-electron chi connectivity index (χ1n) is 5.92. The number of rotatable bonds is 1. The number of nitrogens with zero attached hydrogens (tertiary/aromatic N) is 2. The number of nitrogens with one attached hydrogen (secondary N) is 1. The fourth-order valence-electron chi connectivity index (χ4n) is 2.55. The molecule has 2 heterocycles. The van der Waals surface area contributed by atoms with Crippen LogP contribution < -0.4 is 5.32 Å². The minimum atomic E-state index is 0.442. The van der Waals surface area contributed by atoms with Gasteiger partial charge in [0.15, 0.2) is 0 Å². The van der Waals surface area contributed by atoms with Crippen molar-refractivity contribution in [3.8, 4) is 0 Å². The third-order valence-corrected chi connectivity index (χ3v) is 3.44. The predicted octanol–water partition coefficient (Wildman–Crippen LogP) is 2.31. The number of aryl methyl sites for hydroxylation is 2. The van der Waals surface area contributed by atoms with Crippen LogP contribution in [-0.2, 0) is 7.05 Å². The van der Waals surface area contributed by atoms with Crippen LogP contribution in [0.4, 0.5) is 0 Å². The summed E-state index contributed by atoms with van der Waals surface area (Å²) >= 11 is 0. The molecule has 0 radical (unpaired) electrons. The van der Waals surface area contributed by atoms with E-state index in [1.54, 1.807) is 0 Å². The second-order valence-corrected chi connectivity index (χ2v) is 4.67. The topological polar surface area (TPSA) is 29.9 Å². The minimum Gasteiger partial charge on any atom is -0.330 e. The van der Waals surface area contributed by atoms with Gasteiger partial charge in [0.05, 0.1) is 17.1 Å². The Morgan fingerprint density at radius 2 is 2.31 bits per heavy atom. The number of hydrogen-bond acceptors (Lipinski definition) is 2. The average Bonchev–Trinajstić information content (AvgIpc) is 2.86. The van der Waals surface area contributed by atoms with Crippen LogP contribution in [0.3, 0.4) is 0 Å². The van der Waals surface area contributed by atoms with E-state index in [-0.39, 0.29) is 0 Å². The summed E-state index contributed by atoms with van der Waals surface area (Å²) in [6.45, 7) is 3.23. The van der Waals surface area contributed by atoms with Gasteiger partial charge in [-0.1, -0.05) is 6.07 Å². The summed E-state index contributed by atoms with van der Waals surface area (Å²) < 4.78 is 2.22. The van der Waals surface area contributed by atoms with Crippen LogP contribution in [-0.4, -0.2) is 16.1 Å². The van der Waals surface area contributed by atoms with Crippen molar-refractivity contribution >= 4 is 11.0 Å². The van der Waals surface area contributed by atoms with Crippen molar-refractivity contribution < 1.29 is 0 Å². The first-order valence-corrected chi connectivity index (χ1v) is 5.92. The van der Waals surface area contributed by atoms with Gasteiger partial charge in [0.1, 0.15) is 5.82 Å². The van der Waals surface area contributed by atoms with Gasteiger partial charge in [0, 0.05) is 7.05 Å². The molecule has 0 spiro atoms. The average molecular weight is 215 g/mol. The molecule has 84 valence electrons. The summed E-state index contributed by atoms with van der Waals surface area (Å²) in [5, 5.41) is 3.51. The molecule has 1 saturated heterocycles. The van der Waals surface area contributed by atoms with Gasteiger partial charge in [0.2, 0.25) is 0 Å². The summed E-state index contributed by atoms with van der Waals surface area (Å²) in [6.07, 6.45) is 2.46. The molecule has 3 rings (SSSR count). The lowest BCUT2D eigenvalue weighted by Gasteiger charge is -2.09. The van der Waals surface area contributed by atoms with Crippen molar-refractivity contribution in [2.24, 2.45) is 7.05 Å². The summed E-state index contributed by atoms with van der Waals surface area (Å²) in [4.78, 5) is 4.76. The van der Waals surface area contributed by atoms with Crippen LogP contribution >= 0.6 is 0 Å². The zero-order valence-corrected chi connectivity index (χ0v) is 9.83. The van der Waals surface area contributed by atoms with E-state index in [0.29, 0.717) is 6.04 Å². The lowest BCUT2D eigenvalue weighted by atomic mass is 10.2. The lowest BCUT2D eigenvalue weighted by molar-refractivity contribution is 0.584. The van der Waals surface area contributed by atoms with Gasteiger partial charge in [-0.3, -0.25) is 0 Å². The second kappa shape index (κ2) is 3.59. The van der Waals surface area contributed by atoms with Crippen LogP contribution in [0.15, 0.2) is 18.2 Å². The number of benzene rings is 1. The molecule has 2 aromatic rings. The first-order chi connectivity index (χ1) is 7.75. The highest BCUT2D eigenvalue weighted by molar-refractivity contribution is 5.76. The number of hydrogen-bond donors (Lipinski definition) is 1. The minimum absolute atomic E-state index is 0.442. The Hall–Kier alpha value is -1.35. The van der Waals surface area contributed by atoms with E-state index in [0.717, 1.165) is 12.1 Å². The maximum atomic E-state index is 4.76. The predicted molar refractivity (Wildman–Crippen MR) is 65.4 cm³/mol. The largest absolute Gasteiger partial charge is 0.330 e. The van der Waals surface area contributed by atoms with Gasteiger partial charge < -0.3 is 9.88 Å². The highest BCUT2D eigenvalue weighted by Crippen LogP contribution is 2.25. The number of imidazole rings is 1. The Morgan fingerprint density at radius 1 is 1.44 bits per heavy atom. The quantitative estimate of drug-likeness (QED) is 0.791. The maximum Gasteiger partial charge on any atom is 0.126 e. The third-order valence-electron chi connectivity index (χ3n) is 3.44. The molecular formula is C13H17N3. The standard InChI is InChI=1S/C13H17N3/c1-9-5-6-12-11(8-9)15-13(16(12)2)10-4-3-7-14-10/h5-6,8,10,14H,3-4,7H2,1-2H3/t10-/m0/s1. The van der Waals surface area contributed by atoms with E-state index in [9.17, 15) is 0 Å². The molecule has 1 aliphatic heterocycles. The van der Waals surface area contributed by atoms with Gasteiger partial charge in [-0.05, 0) is 44.0 Å². The van der Waals surface area contributed by atoms with E-state index >= 15 is 0 Å². The Kier molecular flexibility index (Phi) is 2.21. The fourth-order valence-corrected chi connectivity index (χ4v) is 2.55. The zero-order valence-electron chi connectivity index (χ0n) is 9.83. The normalized spacial score (nSPS) is 20.8. The summed E-state index contributed by atoms with van der Waals surface area (Å²) in [6, 6.07) is 6.91. The van der Waals surface area contributed by atoms with Gasteiger partial charge in [-0.25, -0.2) is 4.98 Å². The highest BCUT2D eigenvalue weighted by Gasteiger charge is 2.21. The maximum absolute atomic E-state index is 4.76. The molecule has 3 heteroatoms. The van der Waals surface area contributed by atoms with Gasteiger partial charge in [0.25, 0.3) is 0 Å². The van der Waals surface area contributed by atoms with E-state index in [1.165, 1.54) is 29.7 Å². The molecule has 16 heavy (non-hydrogen) atoms. The van der Waals surface area contributed by atoms with Crippen LogP contribution in [0.1, 0.15) is 30.3 Å². The van der Waals surface area contributed by atoms with Crippen molar-refractivity contribution in [1.82, 2.24) is 14.9 Å².